The topological polar surface area (TPSA) is 55.0 Å². The van der Waals surface area contributed by atoms with Gasteiger partial charge in [-0.15, -0.1) is 0 Å². The predicted molar refractivity (Wildman–Crippen MR) is 74.1 cm³/mol. The van der Waals surface area contributed by atoms with Crippen LogP contribution in [0, 0.1) is 5.92 Å². The van der Waals surface area contributed by atoms with Crippen molar-refractivity contribution in [1.29, 1.82) is 0 Å². The SMILES string of the molecule is CCC(C)C(=O)c1cc2c(Br)cnc(OC)c2[nH]1. The maximum atomic E-state index is 12.1. The maximum Gasteiger partial charge on any atom is 0.238 e. The lowest BCUT2D eigenvalue weighted by molar-refractivity contribution is 0.0923. The normalized spacial score (nSPS) is 12.7. The number of fused-ring (bicyclic) bond motifs is 1. The minimum absolute atomic E-state index is 0.00999. The van der Waals surface area contributed by atoms with Gasteiger partial charge in [0.15, 0.2) is 5.78 Å². The molecule has 0 amide bonds. The molecule has 4 nitrogen and oxygen atoms in total. The number of carbonyl (C=O) groups excluding carboxylic acids is 1. The van der Waals surface area contributed by atoms with E-state index in [1.165, 1.54) is 0 Å². The summed E-state index contributed by atoms with van der Waals surface area (Å²) in [6.07, 6.45) is 2.50. The summed E-state index contributed by atoms with van der Waals surface area (Å²) in [5.41, 5.74) is 1.35. The van der Waals surface area contributed by atoms with Gasteiger partial charge in [0.05, 0.1) is 12.8 Å². The summed E-state index contributed by atoms with van der Waals surface area (Å²) in [4.78, 5) is 19.4. The lowest BCUT2D eigenvalue weighted by Gasteiger charge is -2.04. The second-order valence-electron chi connectivity index (χ2n) is 4.26. The minimum atomic E-state index is 0.00999. The predicted octanol–water partition coefficient (Wildman–Crippen LogP) is 3.56. The molecule has 0 saturated heterocycles. The van der Waals surface area contributed by atoms with Crippen LogP contribution < -0.4 is 4.74 Å². The number of ether oxygens (including phenoxy) is 1. The van der Waals surface area contributed by atoms with Gasteiger partial charge in [0.2, 0.25) is 5.88 Å². The fourth-order valence-corrected chi connectivity index (χ4v) is 2.21. The Morgan fingerprint density at radius 1 is 1.61 bits per heavy atom. The Balaban J connectivity index is 2.56. The van der Waals surface area contributed by atoms with Crippen molar-refractivity contribution in [3.8, 4) is 5.88 Å². The van der Waals surface area contributed by atoms with Crippen molar-refractivity contribution >= 4 is 32.6 Å². The van der Waals surface area contributed by atoms with E-state index in [9.17, 15) is 4.79 Å². The van der Waals surface area contributed by atoms with E-state index in [2.05, 4.69) is 25.9 Å². The van der Waals surface area contributed by atoms with Crippen LogP contribution in [0.15, 0.2) is 16.7 Å². The number of hydrogen-bond acceptors (Lipinski definition) is 3. The molecular formula is C13H15BrN2O2. The van der Waals surface area contributed by atoms with Crippen molar-refractivity contribution in [3.63, 3.8) is 0 Å². The molecule has 0 bridgehead atoms. The van der Waals surface area contributed by atoms with Crippen LogP contribution in [0.25, 0.3) is 10.9 Å². The molecule has 0 fully saturated rings. The summed E-state index contributed by atoms with van der Waals surface area (Å²) in [5, 5.41) is 0.911. The minimum Gasteiger partial charge on any atom is -0.479 e. The van der Waals surface area contributed by atoms with Crippen molar-refractivity contribution in [2.45, 2.75) is 20.3 Å². The van der Waals surface area contributed by atoms with Gasteiger partial charge in [0.1, 0.15) is 5.52 Å². The Bertz CT molecular complexity index is 592. The van der Waals surface area contributed by atoms with Gasteiger partial charge in [0.25, 0.3) is 0 Å². The number of halogens is 1. The van der Waals surface area contributed by atoms with Crippen molar-refractivity contribution in [3.05, 3.63) is 22.4 Å². The second-order valence-corrected chi connectivity index (χ2v) is 5.11. The van der Waals surface area contributed by atoms with Crippen LogP contribution >= 0.6 is 15.9 Å². The molecule has 0 saturated carbocycles. The van der Waals surface area contributed by atoms with Crippen LogP contribution in [-0.4, -0.2) is 22.9 Å². The molecule has 0 aliphatic rings. The summed E-state index contributed by atoms with van der Waals surface area (Å²) in [5.74, 6) is 0.620. The molecule has 2 aromatic rings. The zero-order chi connectivity index (χ0) is 13.3. The number of methoxy groups -OCH3 is 1. The van der Waals surface area contributed by atoms with Gasteiger partial charge >= 0.3 is 0 Å². The van der Waals surface area contributed by atoms with Gasteiger partial charge in [-0.1, -0.05) is 13.8 Å². The molecule has 1 unspecified atom stereocenters. The van der Waals surface area contributed by atoms with E-state index in [-0.39, 0.29) is 11.7 Å². The van der Waals surface area contributed by atoms with E-state index in [1.807, 2.05) is 19.9 Å². The Labute approximate surface area is 114 Å². The quantitative estimate of drug-likeness (QED) is 0.878. The number of H-pyrrole nitrogens is 1. The van der Waals surface area contributed by atoms with Crippen LogP contribution in [0.2, 0.25) is 0 Å². The van der Waals surface area contributed by atoms with Crippen molar-refractivity contribution in [1.82, 2.24) is 9.97 Å². The van der Waals surface area contributed by atoms with Gasteiger partial charge in [-0.3, -0.25) is 4.79 Å². The number of nitrogens with one attached hydrogen (secondary N) is 1. The molecular weight excluding hydrogens is 296 g/mol. The smallest absolute Gasteiger partial charge is 0.238 e. The molecule has 1 N–H and O–H groups in total. The largest absolute Gasteiger partial charge is 0.479 e. The summed E-state index contributed by atoms with van der Waals surface area (Å²) < 4.78 is 6.03. The molecule has 0 aromatic carbocycles. The number of carbonyl (C=O) groups is 1. The summed E-state index contributed by atoms with van der Waals surface area (Å²) in [7, 11) is 1.56. The molecule has 1 atom stereocenters. The first kappa shape index (κ1) is 13.1. The third-order valence-electron chi connectivity index (χ3n) is 3.10. The fourth-order valence-electron chi connectivity index (χ4n) is 1.80. The zero-order valence-corrected chi connectivity index (χ0v) is 12.2. The van der Waals surface area contributed by atoms with Gasteiger partial charge in [-0.05, 0) is 28.4 Å². The lowest BCUT2D eigenvalue weighted by Crippen LogP contribution is -2.10. The first-order valence-corrected chi connectivity index (χ1v) is 6.63. The first-order chi connectivity index (χ1) is 8.58. The highest BCUT2D eigenvalue weighted by molar-refractivity contribution is 9.10. The standard InChI is InChI=1S/C13H15BrN2O2/c1-4-7(2)12(17)10-5-8-9(14)6-15-13(18-3)11(8)16-10/h5-7,16H,4H2,1-3H3. The monoisotopic (exact) mass is 310 g/mol. The van der Waals surface area contributed by atoms with E-state index in [4.69, 9.17) is 4.74 Å². The van der Waals surface area contributed by atoms with Gasteiger partial charge in [-0.25, -0.2) is 4.98 Å². The van der Waals surface area contributed by atoms with Crippen LogP contribution in [0.1, 0.15) is 30.8 Å². The number of aromatic amines is 1. The molecule has 5 heteroatoms. The molecule has 2 rings (SSSR count). The Hall–Kier alpha value is -1.36. The third kappa shape index (κ3) is 2.14. The number of Topliss-reactive ketones (excluding diaryl/α,β-unsaturated/α-hetero) is 1. The average molecular weight is 311 g/mol. The molecule has 2 heterocycles. The van der Waals surface area contributed by atoms with Gasteiger partial charge in [0, 0.05) is 22.0 Å². The highest BCUT2D eigenvalue weighted by Crippen LogP contribution is 2.30. The number of hydrogen-bond donors (Lipinski definition) is 1. The molecule has 2 aromatic heterocycles. The first-order valence-electron chi connectivity index (χ1n) is 5.83. The zero-order valence-electron chi connectivity index (χ0n) is 10.6. The molecule has 96 valence electrons. The number of pyridine rings is 1. The molecule has 0 spiro atoms. The number of nitrogens with zero attached hydrogens (tertiary/aromatic N) is 1. The molecule has 0 aliphatic carbocycles. The third-order valence-corrected chi connectivity index (χ3v) is 3.73. The Morgan fingerprint density at radius 3 is 2.94 bits per heavy atom. The highest BCUT2D eigenvalue weighted by Gasteiger charge is 2.18. The van der Waals surface area contributed by atoms with E-state index in [1.54, 1.807) is 13.3 Å². The lowest BCUT2D eigenvalue weighted by atomic mass is 10.0. The highest BCUT2D eigenvalue weighted by atomic mass is 79.9. The number of aromatic nitrogens is 2. The summed E-state index contributed by atoms with van der Waals surface area (Å²) in [6.45, 7) is 3.93. The van der Waals surface area contributed by atoms with Crippen molar-refractivity contribution in [2.75, 3.05) is 7.11 Å². The van der Waals surface area contributed by atoms with E-state index in [0.717, 1.165) is 21.8 Å². The summed E-state index contributed by atoms with van der Waals surface area (Å²) >= 11 is 3.43. The van der Waals surface area contributed by atoms with E-state index < -0.39 is 0 Å². The Kier molecular flexibility index (Phi) is 3.71. The van der Waals surface area contributed by atoms with E-state index in [0.29, 0.717) is 11.6 Å². The molecule has 0 radical (unpaired) electrons. The molecule has 0 aliphatic heterocycles. The summed E-state index contributed by atoms with van der Waals surface area (Å²) in [6, 6.07) is 1.85. The Morgan fingerprint density at radius 2 is 2.33 bits per heavy atom. The maximum absolute atomic E-state index is 12.1. The van der Waals surface area contributed by atoms with E-state index >= 15 is 0 Å². The van der Waals surface area contributed by atoms with Gasteiger partial charge in [-0.2, -0.15) is 0 Å². The second kappa shape index (κ2) is 5.10. The number of ketones is 1. The van der Waals surface area contributed by atoms with Crippen LogP contribution in [-0.2, 0) is 0 Å². The molecule has 18 heavy (non-hydrogen) atoms. The van der Waals surface area contributed by atoms with Crippen molar-refractivity contribution in [2.24, 2.45) is 5.92 Å². The van der Waals surface area contributed by atoms with Crippen LogP contribution in [0.5, 0.6) is 5.88 Å². The van der Waals surface area contributed by atoms with Gasteiger partial charge < -0.3 is 9.72 Å². The fraction of sp³-hybridized carbons (Fsp3) is 0.385. The number of rotatable bonds is 4. The average Bonchev–Trinajstić information content (AvgIpc) is 2.83. The van der Waals surface area contributed by atoms with Crippen LogP contribution in [0.4, 0.5) is 0 Å². The van der Waals surface area contributed by atoms with Crippen molar-refractivity contribution < 1.29 is 9.53 Å². The van der Waals surface area contributed by atoms with Crippen LogP contribution in [0.3, 0.4) is 0 Å².